The van der Waals surface area contributed by atoms with Gasteiger partial charge < -0.3 is 10.8 Å². The molecule has 0 saturated heterocycles. The Hall–Kier alpha value is -1.89. The lowest BCUT2D eigenvalue weighted by atomic mass is 10.0. The second-order valence-electron chi connectivity index (χ2n) is 6.23. The van der Waals surface area contributed by atoms with Crippen LogP contribution in [0.2, 0.25) is 5.02 Å². The fourth-order valence-corrected chi connectivity index (χ4v) is 5.60. The zero-order valence-electron chi connectivity index (χ0n) is 13.5. The lowest BCUT2D eigenvalue weighted by Crippen LogP contribution is -2.39. The number of carboxylic acid groups (broad SMARTS) is 1. The Morgan fingerprint density at radius 1 is 1.16 bits per heavy atom. The first-order chi connectivity index (χ1) is 11.7. The Kier molecular flexibility index (Phi) is 4.39. The monoisotopic (exact) mass is 379 g/mol. The van der Waals surface area contributed by atoms with E-state index in [0.717, 1.165) is 12.0 Å². The van der Waals surface area contributed by atoms with Gasteiger partial charge in [-0.3, -0.25) is 4.79 Å². The van der Waals surface area contributed by atoms with E-state index in [9.17, 15) is 18.3 Å². The zero-order valence-corrected chi connectivity index (χ0v) is 15.1. The summed E-state index contributed by atoms with van der Waals surface area (Å²) in [6.45, 7) is 2.00. The van der Waals surface area contributed by atoms with E-state index < -0.39 is 32.5 Å². The summed E-state index contributed by atoms with van der Waals surface area (Å²) >= 11 is 5.80. The maximum absolute atomic E-state index is 12.9. The van der Waals surface area contributed by atoms with Crippen LogP contribution in [0.5, 0.6) is 0 Å². The minimum atomic E-state index is -3.91. The number of rotatable bonds is 5. The number of aliphatic carboxylic acids is 1. The summed E-state index contributed by atoms with van der Waals surface area (Å²) in [6.07, 6.45) is 0.837. The van der Waals surface area contributed by atoms with E-state index in [4.69, 9.17) is 17.3 Å². The Bertz CT molecular complexity index is 909. The molecule has 0 heterocycles. The number of aryl methyl sites for hydroxylation is 1. The fourth-order valence-electron chi connectivity index (χ4n) is 3.25. The minimum absolute atomic E-state index is 0.0191. The number of carboxylic acids is 1. The number of carbonyl (C=O) groups is 1. The average molecular weight is 380 g/mol. The average Bonchev–Trinajstić information content (AvgIpc) is 3.24. The molecule has 3 atom stereocenters. The molecule has 1 saturated carbocycles. The molecule has 0 spiro atoms. The van der Waals surface area contributed by atoms with Crippen molar-refractivity contribution in [2.45, 2.75) is 34.9 Å². The molecule has 3 N–H and O–H groups in total. The van der Waals surface area contributed by atoms with Gasteiger partial charge in [-0.15, -0.1) is 0 Å². The molecule has 132 valence electrons. The standard InChI is InChI=1S/C18H18ClNO4S/c1-2-11-3-5-12(6-4-11)15-16(18(15,20)17(21)22)25(23,24)14-9-7-13(19)8-10-14/h3-10,15-16H,2,20H2,1H3,(H,21,22)/t15-,16-,18-/m1/s1. The summed E-state index contributed by atoms with van der Waals surface area (Å²) in [6, 6.07) is 12.9. The van der Waals surface area contributed by atoms with Gasteiger partial charge in [-0.2, -0.15) is 0 Å². The van der Waals surface area contributed by atoms with Gasteiger partial charge in [0.25, 0.3) is 0 Å². The van der Waals surface area contributed by atoms with Crippen LogP contribution in [-0.2, 0) is 21.1 Å². The minimum Gasteiger partial charge on any atom is -0.480 e. The Morgan fingerprint density at radius 3 is 2.20 bits per heavy atom. The molecule has 0 aromatic heterocycles. The fraction of sp³-hybridized carbons (Fsp3) is 0.278. The first-order valence-corrected chi connectivity index (χ1v) is 9.76. The molecule has 3 rings (SSSR count). The van der Waals surface area contributed by atoms with Gasteiger partial charge in [-0.1, -0.05) is 42.8 Å². The summed E-state index contributed by atoms with van der Waals surface area (Å²) in [4.78, 5) is 11.7. The molecular weight excluding hydrogens is 362 g/mol. The van der Waals surface area contributed by atoms with Crippen LogP contribution >= 0.6 is 11.6 Å². The van der Waals surface area contributed by atoms with E-state index in [1.807, 2.05) is 19.1 Å². The second-order valence-corrected chi connectivity index (χ2v) is 8.74. The summed E-state index contributed by atoms with van der Waals surface area (Å²) in [5.74, 6) is -2.11. The van der Waals surface area contributed by atoms with Crippen LogP contribution in [0.3, 0.4) is 0 Å². The Morgan fingerprint density at radius 2 is 1.72 bits per heavy atom. The molecule has 2 aromatic rings. The molecule has 0 amide bonds. The SMILES string of the molecule is CCc1ccc([C@@H]2[C@@H](S(=O)(=O)c3ccc(Cl)cc3)[C@@]2(N)C(=O)O)cc1. The van der Waals surface area contributed by atoms with E-state index in [1.54, 1.807) is 12.1 Å². The van der Waals surface area contributed by atoms with E-state index in [2.05, 4.69) is 0 Å². The van der Waals surface area contributed by atoms with Crippen LogP contribution in [0.25, 0.3) is 0 Å². The summed E-state index contributed by atoms with van der Waals surface area (Å²) in [5, 5.41) is 8.74. The van der Waals surface area contributed by atoms with Gasteiger partial charge >= 0.3 is 5.97 Å². The third-order valence-corrected chi connectivity index (χ3v) is 7.29. The molecule has 0 unspecified atom stereocenters. The smallest absolute Gasteiger partial charge is 0.325 e. The first-order valence-electron chi connectivity index (χ1n) is 7.83. The van der Waals surface area contributed by atoms with Crippen LogP contribution in [0.15, 0.2) is 53.4 Å². The third kappa shape index (κ3) is 2.84. The second kappa shape index (κ2) is 6.12. The van der Waals surface area contributed by atoms with E-state index >= 15 is 0 Å². The quantitative estimate of drug-likeness (QED) is 0.832. The van der Waals surface area contributed by atoms with Crippen molar-refractivity contribution < 1.29 is 18.3 Å². The largest absolute Gasteiger partial charge is 0.480 e. The van der Waals surface area contributed by atoms with Crippen molar-refractivity contribution in [1.29, 1.82) is 0 Å². The molecule has 0 bridgehead atoms. The van der Waals surface area contributed by atoms with Gasteiger partial charge in [0, 0.05) is 10.9 Å². The molecule has 1 fully saturated rings. The lowest BCUT2D eigenvalue weighted by molar-refractivity contribution is -0.139. The van der Waals surface area contributed by atoms with Gasteiger partial charge in [-0.25, -0.2) is 8.42 Å². The summed E-state index contributed by atoms with van der Waals surface area (Å²) < 4.78 is 25.9. The number of halogens is 1. The molecule has 5 nitrogen and oxygen atoms in total. The van der Waals surface area contributed by atoms with Crippen LogP contribution in [0.4, 0.5) is 0 Å². The molecular formula is C18H18ClNO4S. The van der Waals surface area contributed by atoms with E-state index in [-0.39, 0.29) is 4.90 Å². The third-order valence-electron chi connectivity index (χ3n) is 4.77. The van der Waals surface area contributed by atoms with Crippen LogP contribution in [-0.4, -0.2) is 30.3 Å². The Labute approximate surface area is 151 Å². The maximum Gasteiger partial charge on any atom is 0.325 e. The highest BCUT2D eigenvalue weighted by Gasteiger charge is 2.74. The predicted molar refractivity (Wildman–Crippen MR) is 95.5 cm³/mol. The Balaban J connectivity index is 2.03. The highest BCUT2D eigenvalue weighted by atomic mass is 35.5. The van der Waals surface area contributed by atoms with Crippen molar-refractivity contribution in [3.63, 3.8) is 0 Å². The van der Waals surface area contributed by atoms with Crippen LogP contribution in [0, 0.1) is 0 Å². The number of benzene rings is 2. The summed E-state index contributed by atoms with van der Waals surface area (Å²) in [7, 11) is -3.91. The van der Waals surface area contributed by atoms with Crippen LogP contribution in [0.1, 0.15) is 24.0 Å². The number of hydrogen-bond donors (Lipinski definition) is 2. The first kappa shape index (κ1) is 17.9. The van der Waals surface area contributed by atoms with Crippen molar-refractivity contribution in [1.82, 2.24) is 0 Å². The maximum atomic E-state index is 12.9. The molecule has 1 aliphatic carbocycles. The van der Waals surface area contributed by atoms with Gasteiger partial charge in [-0.05, 0) is 41.8 Å². The molecule has 7 heteroatoms. The van der Waals surface area contributed by atoms with E-state index in [1.165, 1.54) is 24.3 Å². The van der Waals surface area contributed by atoms with Crippen LogP contribution < -0.4 is 5.73 Å². The van der Waals surface area contributed by atoms with Gasteiger partial charge in [0.15, 0.2) is 9.84 Å². The number of hydrogen-bond acceptors (Lipinski definition) is 4. The van der Waals surface area contributed by atoms with Crippen molar-refractivity contribution >= 4 is 27.4 Å². The van der Waals surface area contributed by atoms with E-state index in [0.29, 0.717) is 10.6 Å². The normalized spacial score (nSPS) is 25.6. The molecule has 25 heavy (non-hydrogen) atoms. The van der Waals surface area contributed by atoms with Gasteiger partial charge in [0.05, 0.1) is 4.90 Å². The van der Waals surface area contributed by atoms with Crippen molar-refractivity contribution in [2.75, 3.05) is 0 Å². The van der Waals surface area contributed by atoms with Gasteiger partial charge in [0.2, 0.25) is 0 Å². The van der Waals surface area contributed by atoms with Crippen molar-refractivity contribution in [3.8, 4) is 0 Å². The zero-order chi connectivity index (χ0) is 18.4. The number of nitrogens with two attached hydrogens (primary N) is 1. The molecule has 0 radical (unpaired) electrons. The van der Waals surface area contributed by atoms with Gasteiger partial charge in [0.1, 0.15) is 10.8 Å². The topological polar surface area (TPSA) is 97.5 Å². The highest BCUT2D eigenvalue weighted by molar-refractivity contribution is 7.92. The lowest BCUT2D eigenvalue weighted by Gasteiger charge is -2.07. The number of sulfone groups is 1. The van der Waals surface area contributed by atoms with Crippen molar-refractivity contribution in [3.05, 3.63) is 64.7 Å². The molecule has 0 aliphatic heterocycles. The predicted octanol–water partition coefficient (Wildman–Crippen LogP) is 2.62. The molecule has 2 aromatic carbocycles. The van der Waals surface area contributed by atoms with Crippen molar-refractivity contribution in [2.24, 2.45) is 5.73 Å². The summed E-state index contributed by atoms with van der Waals surface area (Å²) in [5.41, 5.74) is 5.89. The molecule has 1 aliphatic rings. The highest BCUT2D eigenvalue weighted by Crippen LogP contribution is 2.55.